The fourth-order valence-electron chi connectivity index (χ4n) is 2.69. The van der Waals surface area contributed by atoms with Crippen LogP contribution in [0, 0.1) is 6.92 Å². The van der Waals surface area contributed by atoms with Crippen molar-refractivity contribution in [1.82, 2.24) is 9.62 Å². The maximum absolute atomic E-state index is 12.4. The largest absolute Gasteiger partial charge is 0.273 e. The Hall–Kier alpha value is -2.22. The first-order valence-corrected chi connectivity index (χ1v) is 9.98. The summed E-state index contributed by atoms with van der Waals surface area (Å²) in [6.45, 7) is 1.74. The maximum atomic E-state index is 12.4. The zero-order valence-electron chi connectivity index (χ0n) is 14.0. The number of imide groups is 1. The molecule has 0 aromatic heterocycles. The molecule has 8 heteroatoms. The minimum Gasteiger partial charge on any atom is -0.273 e. The lowest BCUT2D eigenvalue weighted by atomic mass is 10.1. The second-order valence-electron chi connectivity index (χ2n) is 6.08. The van der Waals surface area contributed by atoms with E-state index in [1.54, 1.807) is 42.5 Å². The SMILES string of the molecule is Cc1ccc2c(c1)C(=O)N(CCS(=O)(=O)NCc1ccc(Cl)cc1)C2=O. The van der Waals surface area contributed by atoms with Crippen LogP contribution in [-0.2, 0) is 16.6 Å². The van der Waals surface area contributed by atoms with Crippen molar-refractivity contribution in [2.75, 3.05) is 12.3 Å². The summed E-state index contributed by atoms with van der Waals surface area (Å²) in [5.41, 5.74) is 2.26. The van der Waals surface area contributed by atoms with Crippen LogP contribution in [0.4, 0.5) is 0 Å². The van der Waals surface area contributed by atoms with Crippen LogP contribution >= 0.6 is 11.6 Å². The Kier molecular flexibility index (Phi) is 5.13. The summed E-state index contributed by atoms with van der Waals surface area (Å²) in [5, 5.41) is 0.567. The van der Waals surface area contributed by atoms with Gasteiger partial charge >= 0.3 is 0 Å². The first-order chi connectivity index (χ1) is 12.3. The van der Waals surface area contributed by atoms with Gasteiger partial charge in [0.05, 0.1) is 16.9 Å². The molecule has 0 aliphatic carbocycles. The Bertz CT molecular complexity index is 971. The lowest BCUT2D eigenvalue weighted by Gasteiger charge is -2.14. The highest BCUT2D eigenvalue weighted by Gasteiger charge is 2.35. The smallest absolute Gasteiger partial charge is 0.261 e. The molecule has 26 heavy (non-hydrogen) atoms. The second-order valence-corrected chi connectivity index (χ2v) is 8.44. The minimum absolute atomic E-state index is 0.112. The van der Waals surface area contributed by atoms with Crippen molar-refractivity contribution in [2.24, 2.45) is 0 Å². The van der Waals surface area contributed by atoms with Gasteiger partial charge in [-0.1, -0.05) is 35.4 Å². The molecule has 0 saturated carbocycles. The van der Waals surface area contributed by atoms with Crippen LogP contribution in [0.15, 0.2) is 42.5 Å². The summed E-state index contributed by atoms with van der Waals surface area (Å²) < 4.78 is 26.8. The lowest BCUT2D eigenvalue weighted by Crippen LogP contribution is -2.37. The van der Waals surface area contributed by atoms with Gasteiger partial charge in [-0.2, -0.15) is 0 Å². The molecule has 3 rings (SSSR count). The van der Waals surface area contributed by atoms with E-state index in [9.17, 15) is 18.0 Å². The molecule has 136 valence electrons. The van der Waals surface area contributed by atoms with E-state index in [-0.39, 0.29) is 18.8 Å². The van der Waals surface area contributed by atoms with Gasteiger partial charge in [0, 0.05) is 18.1 Å². The second kappa shape index (κ2) is 7.19. The third-order valence-electron chi connectivity index (χ3n) is 4.12. The molecular formula is C18H17ClN2O4S. The van der Waals surface area contributed by atoms with E-state index in [1.807, 2.05) is 6.92 Å². The molecular weight excluding hydrogens is 376 g/mol. The van der Waals surface area contributed by atoms with Crippen LogP contribution in [0.3, 0.4) is 0 Å². The molecule has 1 heterocycles. The third kappa shape index (κ3) is 3.95. The molecule has 0 radical (unpaired) electrons. The normalized spacial score (nSPS) is 14.0. The Morgan fingerprint density at radius 3 is 2.35 bits per heavy atom. The molecule has 2 aromatic carbocycles. The van der Waals surface area contributed by atoms with E-state index in [4.69, 9.17) is 11.6 Å². The molecule has 1 N–H and O–H groups in total. The number of nitrogens with zero attached hydrogens (tertiary/aromatic N) is 1. The van der Waals surface area contributed by atoms with E-state index in [1.165, 1.54) is 0 Å². The first-order valence-electron chi connectivity index (χ1n) is 7.95. The number of carbonyl (C=O) groups excluding carboxylic acids is 2. The third-order valence-corrected chi connectivity index (χ3v) is 5.68. The van der Waals surface area contributed by atoms with Crippen molar-refractivity contribution >= 4 is 33.4 Å². The van der Waals surface area contributed by atoms with Crippen LogP contribution in [0.5, 0.6) is 0 Å². The molecule has 6 nitrogen and oxygen atoms in total. The van der Waals surface area contributed by atoms with E-state index in [0.29, 0.717) is 16.1 Å². The number of aryl methyl sites for hydroxylation is 1. The number of nitrogens with one attached hydrogen (secondary N) is 1. The number of hydrogen-bond acceptors (Lipinski definition) is 4. The molecule has 0 bridgehead atoms. The minimum atomic E-state index is -3.65. The number of benzene rings is 2. The Labute approximate surface area is 156 Å². The summed E-state index contributed by atoms with van der Waals surface area (Å²) in [6.07, 6.45) is 0. The van der Waals surface area contributed by atoms with Crippen LogP contribution in [0.2, 0.25) is 5.02 Å². The Morgan fingerprint density at radius 2 is 1.65 bits per heavy atom. The summed E-state index contributed by atoms with van der Waals surface area (Å²) in [5.74, 6) is -1.27. The number of carbonyl (C=O) groups is 2. The van der Waals surface area contributed by atoms with Crippen molar-refractivity contribution < 1.29 is 18.0 Å². The molecule has 0 fully saturated rings. The zero-order chi connectivity index (χ0) is 18.9. The summed E-state index contributed by atoms with van der Waals surface area (Å²) in [7, 11) is -3.65. The van der Waals surface area contributed by atoms with E-state index < -0.39 is 21.8 Å². The number of hydrogen-bond donors (Lipinski definition) is 1. The topological polar surface area (TPSA) is 83.6 Å². The van der Waals surface area contributed by atoms with Crippen molar-refractivity contribution in [3.8, 4) is 0 Å². The number of fused-ring (bicyclic) bond motifs is 1. The molecule has 0 spiro atoms. The van der Waals surface area contributed by atoms with Gasteiger partial charge in [-0.15, -0.1) is 0 Å². The fourth-order valence-corrected chi connectivity index (χ4v) is 3.77. The molecule has 2 aromatic rings. The molecule has 0 saturated heterocycles. The van der Waals surface area contributed by atoms with Crippen molar-refractivity contribution in [2.45, 2.75) is 13.5 Å². The monoisotopic (exact) mass is 392 g/mol. The van der Waals surface area contributed by atoms with Crippen LogP contribution in [-0.4, -0.2) is 37.4 Å². The molecule has 1 aliphatic heterocycles. The quantitative estimate of drug-likeness (QED) is 0.765. The van der Waals surface area contributed by atoms with Crippen LogP contribution in [0.1, 0.15) is 31.8 Å². The highest BCUT2D eigenvalue weighted by molar-refractivity contribution is 7.89. The zero-order valence-corrected chi connectivity index (χ0v) is 15.6. The van der Waals surface area contributed by atoms with E-state index >= 15 is 0 Å². The van der Waals surface area contributed by atoms with Crippen LogP contribution in [0.25, 0.3) is 0 Å². The maximum Gasteiger partial charge on any atom is 0.261 e. The Balaban J connectivity index is 1.62. The predicted octanol–water partition coefficient (Wildman–Crippen LogP) is 2.36. The van der Waals surface area contributed by atoms with Gasteiger partial charge in [0.2, 0.25) is 10.0 Å². The number of halogens is 1. The standard InChI is InChI=1S/C18H17ClN2O4S/c1-12-2-7-15-16(10-12)18(23)21(17(15)22)8-9-26(24,25)20-11-13-3-5-14(19)6-4-13/h2-7,10,20H,8-9,11H2,1H3. The highest BCUT2D eigenvalue weighted by Crippen LogP contribution is 2.23. The molecule has 0 unspecified atom stereocenters. The summed E-state index contributed by atoms with van der Waals surface area (Å²) >= 11 is 5.79. The summed E-state index contributed by atoms with van der Waals surface area (Å²) in [4.78, 5) is 25.7. The van der Waals surface area contributed by atoms with Gasteiger partial charge in [-0.25, -0.2) is 13.1 Å². The number of sulfonamides is 1. The van der Waals surface area contributed by atoms with Gasteiger partial charge in [0.15, 0.2) is 0 Å². The average Bonchev–Trinajstić information content (AvgIpc) is 2.83. The molecule has 0 atom stereocenters. The molecule has 2 amide bonds. The Morgan fingerprint density at radius 1 is 1.00 bits per heavy atom. The van der Waals surface area contributed by atoms with Crippen molar-refractivity contribution in [1.29, 1.82) is 0 Å². The predicted molar refractivity (Wildman–Crippen MR) is 98.6 cm³/mol. The van der Waals surface area contributed by atoms with Crippen molar-refractivity contribution in [3.05, 3.63) is 69.7 Å². The first kappa shape index (κ1) is 18.6. The fraction of sp³-hybridized carbons (Fsp3) is 0.222. The van der Waals surface area contributed by atoms with E-state index in [0.717, 1.165) is 16.0 Å². The van der Waals surface area contributed by atoms with Gasteiger partial charge in [0.1, 0.15) is 0 Å². The van der Waals surface area contributed by atoms with Gasteiger partial charge in [0.25, 0.3) is 11.8 Å². The summed E-state index contributed by atoms with van der Waals surface area (Å²) in [6, 6.07) is 11.8. The molecule has 1 aliphatic rings. The highest BCUT2D eigenvalue weighted by atomic mass is 35.5. The van der Waals surface area contributed by atoms with Gasteiger partial charge in [-0.05, 0) is 36.8 Å². The average molecular weight is 393 g/mol. The van der Waals surface area contributed by atoms with E-state index in [2.05, 4.69) is 4.72 Å². The van der Waals surface area contributed by atoms with Gasteiger partial charge in [-0.3, -0.25) is 14.5 Å². The number of amides is 2. The van der Waals surface area contributed by atoms with Crippen LogP contribution < -0.4 is 4.72 Å². The lowest BCUT2D eigenvalue weighted by molar-refractivity contribution is 0.0664. The number of rotatable bonds is 6. The van der Waals surface area contributed by atoms with Gasteiger partial charge < -0.3 is 0 Å². The van der Waals surface area contributed by atoms with Crippen molar-refractivity contribution in [3.63, 3.8) is 0 Å².